The molecule has 0 spiro atoms. The van der Waals surface area contributed by atoms with Crippen molar-refractivity contribution >= 4 is 55.2 Å². The lowest BCUT2D eigenvalue weighted by Gasteiger charge is -2.42. The first-order valence-electron chi connectivity index (χ1n) is 16.1. The third-order valence-electron chi connectivity index (χ3n) is 10.3. The Morgan fingerprint density at radius 2 is 1.23 bits per heavy atom. The van der Waals surface area contributed by atoms with Gasteiger partial charge in [-0.3, -0.25) is 9.59 Å². The molecule has 0 saturated carbocycles. The first-order valence-corrected chi connectivity index (χ1v) is 16.1. The molecule has 0 bridgehead atoms. The molecule has 2 aromatic heterocycles. The van der Waals surface area contributed by atoms with Crippen molar-refractivity contribution in [2.75, 3.05) is 4.90 Å². The summed E-state index contributed by atoms with van der Waals surface area (Å²) in [5, 5.41) is 2.44. The molecule has 0 fully saturated rings. The molecule has 0 saturated heterocycles. The van der Waals surface area contributed by atoms with E-state index in [0.29, 0.717) is 27.1 Å². The third-order valence-corrected chi connectivity index (χ3v) is 10.3. The van der Waals surface area contributed by atoms with Gasteiger partial charge in [0.15, 0.2) is 10.9 Å². The summed E-state index contributed by atoms with van der Waals surface area (Å²) in [7, 11) is 0. The molecule has 8 aromatic rings. The Hall–Kier alpha value is -5.74. The van der Waals surface area contributed by atoms with Gasteiger partial charge in [-0.2, -0.15) is 0 Å². The summed E-state index contributed by atoms with van der Waals surface area (Å²) in [4.78, 5) is 31.8. The second-order valence-electron chi connectivity index (χ2n) is 13.4. The number of pyridine rings is 2. The van der Waals surface area contributed by atoms with Crippen LogP contribution in [-0.4, -0.2) is 4.40 Å². The fourth-order valence-corrected chi connectivity index (χ4v) is 8.28. The molecule has 1 aliphatic heterocycles. The molecule has 4 heteroatoms. The van der Waals surface area contributed by atoms with Crippen molar-refractivity contribution in [2.45, 2.75) is 33.1 Å². The summed E-state index contributed by atoms with van der Waals surface area (Å²) in [6.07, 6.45) is 0. The topological polar surface area (TPSA) is 41.8 Å². The molecule has 0 aliphatic carbocycles. The van der Waals surface area contributed by atoms with Gasteiger partial charge in [0.25, 0.3) is 0 Å². The molecule has 0 atom stereocenters. The van der Waals surface area contributed by atoms with Crippen molar-refractivity contribution in [1.82, 2.24) is 4.40 Å². The largest absolute Gasteiger partial charge is 0.310 e. The first kappa shape index (κ1) is 27.6. The lowest BCUT2D eigenvalue weighted by atomic mass is 9.72. The maximum absolute atomic E-state index is 15.3. The highest BCUT2D eigenvalue weighted by Crippen LogP contribution is 2.53. The fraction of sp³-hybridized carbons (Fsp3) is 0.116. The van der Waals surface area contributed by atoms with Crippen molar-refractivity contribution < 1.29 is 0 Å². The van der Waals surface area contributed by atoms with Crippen molar-refractivity contribution in [2.24, 2.45) is 0 Å². The summed E-state index contributed by atoms with van der Waals surface area (Å²) in [6, 6.07) is 41.1. The van der Waals surface area contributed by atoms with Gasteiger partial charge in [-0.15, -0.1) is 0 Å². The SMILES string of the molecule is Cc1cccc(C)c1-c1cc2c(=O)c3ccccc3n3c4ccc5c(c4c(=O)c(c1)c23)C(C)(C)c1ccccc1N5c1ccccc1. The quantitative estimate of drug-likeness (QED) is 0.145. The van der Waals surface area contributed by atoms with Gasteiger partial charge in [0.05, 0.1) is 33.3 Å². The summed E-state index contributed by atoms with van der Waals surface area (Å²) < 4.78 is 2.16. The highest BCUT2D eigenvalue weighted by molar-refractivity contribution is 6.11. The monoisotopic (exact) mass is 608 g/mol. The van der Waals surface area contributed by atoms with Crippen molar-refractivity contribution in [3.63, 3.8) is 0 Å². The standard InChI is InChI=1S/C43H32N2O2/c1-25-13-12-14-26(2)37(25)27-23-30-40-31(24-27)42(47)38-35(45(40)33-19-10-8-17-29(33)41(30)46)21-22-36-39(38)43(3,4)32-18-9-11-20-34(32)44(36)28-15-6-5-7-16-28/h5-24H,1-4H3. The Balaban J connectivity index is 1.53. The average Bonchev–Trinajstić information content (AvgIpc) is 3.08. The van der Waals surface area contributed by atoms with Crippen LogP contribution in [0.3, 0.4) is 0 Å². The molecule has 0 radical (unpaired) electrons. The van der Waals surface area contributed by atoms with E-state index in [4.69, 9.17) is 0 Å². The Labute approximate surface area is 272 Å². The van der Waals surface area contributed by atoms with Crippen LogP contribution in [0.1, 0.15) is 36.1 Å². The number of rotatable bonds is 2. The van der Waals surface area contributed by atoms with Crippen LogP contribution in [0.15, 0.2) is 131 Å². The zero-order valence-electron chi connectivity index (χ0n) is 26.8. The van der Waals surface area contributed by atoms with Crippen LogP contribution in [0.2, 0.25) is 0 Å². The van der Waals surface area contributed by atoms with Gasteiger partial charge in [-0.1, -0.05) is 80.6 Å². The van der Waals surface area contributed by atoms with E-state index in [2.05, 4.69) is 110 Å². The van der Waals surface area contributed by atoms with E-state index < -0.39 is 5.41 Å². The molecule has 47 heavy (non-hydrogen) atoms. The molecule has 226 valence electrons. The first-order chi connectivity index (χ1) is 22.8. The highest BCUT2D eigenvalue weighted by Gasteiger charge is 2.39. The number of nitrogens with zero attached hydrogens (tertiary/aromatic N) is 2. The van der Waals surface area contributed by atoms with E-state index in [-0.39, 0.29) is 10.9 Å². The second-order valence-corrected chi connectivity index (χ2v) is 13.4. The smallest absolute Gasteiger partial charge is 0.197 e. The number of hydrogen-bond acceptors (Lipinski definition) is 3. The van der Waals surface area contributed by atoms with Gasteiger partial charge in [0.1, 0.15) is 0 Å². The molecule has 0 N–H and O–H groups in total. The van der Waals surface area contributed by atoms with E-state index in [1.165, 1.54) is 0 Å². The zero-order valence-corrected chi connectivity index (χ0v) is 26.8. The normalized spacial score (nSPS) is 13.8. The minimum absolute atomic E-state index is 0.0508. The molecule has 9 rings (SSSR count). The molecule has 6 aromatic carbocycles. The molecule has 4 nitrogen and oxygen atoms in total. The Kier molecular flexibility index (Phi) is 5.65. The van der Waals surface area contributed by atoms with E-state index in [0.717, 1.165) is 61.5 Å². The predicted molar refractivity (Wildman–Crippen MR) is 195 cm³/mol. The maximum atomic E-state index is 15.3. The van der Waals surface area contributed by atoms with Crippen LogP contribution in [0.4, 0.5) is 17.1 Å². The molecule has 1 aliphatic rings. The summed E-state index contributed by atoms with van der Waals surface area (Å²) in [5.74, 6) is 0. The van der Waals surface area contributed by atoms with Crippen LogP contribution in [0.5, 0.6) is 0 Å². The van der Waals surface area contributed by atoms with Gasteiger partial charge in [0, 0.05) is 27.3 Å². The number of hydrogen-bond donors (Lipinski definition) is 0. The number of aromatic nitrogens is 1. The lowest BCUT2D eigenvalue weighted by molar-refractivity contribution is 0.637. The minimum atomic E-state index is -0.492. The van der Waals surface area contributed by atoms with E-state index in [1.807, 2.05) is 48.5 Å². The number of fused-ring (bicyclic) bond motifs is 7. The molecular formula is C43H32N2O2. The third kappa shape index (κ3) is 3.64. The van der Waals surface area contributed by atoms with Gasteiger partial charge >= 0.3 is 0 Å². The van der Waals surface area contributed by atoms with E-state index in [1.54, 1.807) is 0 Å². The Morgan fingerprint density at radius 3 is 2.00 bits per heavy atom. The van der Waals surface area contributed by atoms with Gasteiger partial charge < -0.3 is 9.30 Å². The number of para-hydroxylation sites is 3. The van der Waals surface area contributed by atoms with Crippen LogP contribution in [-0.2, 0) is 5.41 Å². The molecular weight excluding hydrogens is 576 g/mol. The minimum Gasteiger partial charge on any atom is -0.310 e. The number of anilines is 3. The number of benzene rings is 6. The van der Waals surface area contributed by atoms with Gasteiger partial charge in [0.2, 0.25) is 0 Å². The van der Waals surface area contributed by atoms with Crippen LogP contribution in [0, 0.1) is 13.8 Å². The number of aryl methyl sites for hydroxylation is 2. The highest BCUT2D eigenvalue weighted by atomic mass is 16.1. The van der Waals surface area contributed by atoms with E-state index >= 15 is 4.79 Å². The van der Waals surface area contributed by atoms with Gasteiger partial charge in [-0.05, 0) is 102 Å². The van der Waals surface area contributed by atoms with Gasteiger partial charge in [-0.25, -0.2) is 0 Å². The Bertz CT molecular complexity index is 2700. The van der Waals surface area contributed by atoms with Crippen LogP contribution >= 0.6 is 0 Å². The summed E-state index contributed by atoms with van der Waals surface area (Å²) >= 11 is 0. The van der Waals surface area contributed by atoms with Crippen LogP contribution < -0.4 is 15.8 Å². The summed E-state index contributed by atoms with van der Waals surface area (Å²) in [6.45, 7) is 8.62. The molecule has 3 heterocycles. The fourth-order valence-electron chi connectivity index (χ4n) is 8.28. The molecule has 0 amide bonds. The van der Waals surface area contributed by atoms with Crippen molar-refractivity contribution in [3.8, 4) is 11.1 Å². The second kappa shape index (κ2) is 9.63. The average molecular weight is 609 g/mol. The van der Waals surface area contributed by atoms with Crippen molar-refractivity contribution in [3.05, 3.63) is 164 Å². The van der Waals surface area contributed by atoms with E-state index in [9.17, 15) is 4.79 Å². The zero-order chi connectivity index (χ0) is 32.2. The van der Waals surface area contributed by atoms with Crippen LogP contribution in [0.25, 0.3) is 49.2 Å². The predicted octanol–water partition coefficient (Wildman–Crippen LogP) is 9.95. The summed E-state index contributed by atoms with van der Waals surface area (Å²) in [5.41, 5.74) is 11.1. The molecule has 0 unspecified atom stereocenters. The lowest BCUT2D eigenvalue weighted by Crippen LogP contribution is -2.32. The Morgan fingerprint density at radius 1 is 0.574 bits per heavy atom. The maximum Gasteiger partial charge on any atom is 0.197 e. The van der Waals surface area contributed by atoms with Crippen molar-refractivity contribution in [1.29, 1.82) is 0 Å².